The highest BCUT2D eigenvalue weighted by Crippen LogP contribution is 2.27. The van der Waals surface area contributed by atoms with Gasteiger partial charge in [0.05, 0.1) is 0 Å². The summed E-state index contributed by atoms with van der Waals surface area (Å²) in [4.78, 5) is 12.5. The van der Waals surface area contributed by atoms with Crippen LogP contribution in [-0.2, 0) is 0 Å². The van der Waals surface area contributed by atoms with Gasteiger partial charge in [0, 0.05) is 12.0 Å². The van der Waals surface area contributed by atoms with Gasteiger partial charge in [-0.05, 0) is 30.0 Å². The van der Waals surface area contributed by atoms with Gasteiger partial charge in [0.25, 0.3) is 0 Å². The van der Waals surface area contributed by atoms with Crippen LogP contribution in [-0.4, -0.2) is 11.9 Å². The highest BCUT2D eigenvalue weighted by atomic mass is 31.0. The van der Waals surface area contributed by atoms with Crippen LogP contribution in [0.4, 0.5) is 0 Å². The number of carbonyl (C=O) groups excluding carboxylic acids is 1. The Morgan fingerprint density at radius 3 is 2.45 bits per heavy atom. The van der Waals surface area contributed by atoms with Crippen molar-refractivity contribution in [3.05, 3.63) is 59.7 Å². The average Bonchev–Trinajstić information content (AvgIpc) is 2.48. The molecule has 20 heavy (non-hydrogen) atoms. The van der Waals surface area contributed by atoms with E-state index in [1.54, 1.807) is 0 Å². The van der Waals surface area contributed by atoms with E-state index < -0.39 is 0 Å². The van der Waals surface area contributed by atoms with Crippen LogP contribution in [0.5, 0.6) is 0 Å². The molecule has 2 rings (SSSR count). The maximum absolute atomic E-state index is 12.5. The highest BCUT2D eigenvalue weighted by molar-refractivity contribution is 7.16. The number of aryl methyl sites for hydroxylation is 1. The van der Waals surface area contributed by atoms with Crippen molar-refractivity contribution in [1.29, 1.82) is 0 Å². The van der Waals surface area contributed by atoms with Crippen LogP contribution in [0.25, 0.3) is 11.1 Å². The van der Waals surface area contributed by atoms with Crippen molar-refractivity contribution in [2.24, 2.45) is 0 Å². The summed E-state index contributed by atoms with van der Waals surface area (Å²) in [5.74, 6) is 0.252. The predicted octanol–water partition coefficient (Wildman–Crippen LogP) is 5.16. The molecule has 0 bridgehead atoms. The maximum Gasteiger partial charge on any atom is 0.163 e. The Labute approximate surface area is 123 Å². The molecule has 0 heterocycles. The third-order valence-electron chi connectivity index (χ3n) is 3.47. The van der Waals surface area contributed by atoms with Crippen LogP contribution >= 0.6 is 9.24 Å². The van der Waals surface area contributed by atoms with Gasteiger partial charge in [-0.3, -0.25) is 4.79 Å². The lowest BCUT2D eigenvalue weighted by Crippen LogP contribution is -2.04. The van der Waals surface area contributed by atoms with Crippen LogP contribution < -0.4 is 0 Å². The number of unbranched alkanes of at least 4 members (excludes halogenated alkanes) is 1. The maximum atomic E-state index is 12.5. The number of rotatable bonds is 6. The molecule has 0 saturated carbocycles. The molecule has 0 radical (unpaired) electrons. The summed E-state index contributed by atoms with van der Waals surface area (Å²) < 4.78 is 0. The summed E-state index contributed by atoms with van der Waals surface area (Å²) in [6.07, 6.45) is 3.54. The summed E-state index contributed by atoms with van der Waals surface area (Å²) in [5.41, 5.74) is 4.11. The van der Waals surface area contributed by atoms with Crippen molar-refractivity contribution in [2.45, 2.75) is 26.2 Å². The van der Waals surface area contributed by atoms with Crippen molar-refractivity contribution in [1.82, 2.24) is 0 Å². The third-order valence-corrected chi connectivity index (χ3v) is 3.82. The van der Waals surface area contributed by atoms with E-state index in [4.69, 9.17) is 0 Å². The van der Waals surface area contributed by atoms with Crippen molar-refractivity contribution < 1.29 is 4.79 Å². The summed E-state index contributed by atoms with van der Waals surface area (Å²) in [5, 5.41) is 0. The fourth-order valence-corrected chi connectivity index (χ4v) is 2.68. The number of hydrogen-bond donors (Lipinski definition) is 0. The number of carbonyl (C=O) groups is 1. The molecule has 2 aromatic carbocycles. The first-order valence-corrected chi connectivity index (χ1v) is 7.77. The first-order chi connectivity index (χ1) is 9.74. The Morgan fingerprint density at radius 1 is 1.00 bits per heavy atom. The van der Waals surface area contributed by atoms with Crippen molar-refractivity contribution >= 4 is 15.0 Å². The van der Waals surface area contributed by atoms with E-state index >= 15 is 0 Å². The van der Waals surface area contributed by atoms with Gasteiger partial charge in [-0.15, -0.1) is 0 Å². The fourth-order valence-electron chi connectivity index (χ4n) is 2.43. The molecular weight excluding hydrogens is 263 g/mol. The number of hydrogen-bond acceptors (Lipinski definition) is 1. The molecule has 0 spiro atoms. The predicted molar refractivity (Wildman–Crippen MR) is 88.0 cm³/mol. The number of ketones is 1. The first kappa shape index (κ1) is 14.9. The van der Waals surface area contributed by atoms with Gasteiger partial charge in [-0.2, -0.15) is 6.16 Å². The molecule has 0 aliphatic carbocycles. The summed E-state index contributed by atoms with van der Waals surface area (Å²) in [6, 6.07) is 16.2. The normalized spacial score (nSPS) is 10.5. The van der Waals surface area contributed by atoms with Gasteiger partial charge in [0.2, 0.25) is 0 Å². The molecule has 0 unspecified atom stereocenters. The number of benzene rings is 2. The molecule has 0 N–H and O–H groups in total. The lowest BCUT2D eigenvalue weighted by atomic mass is 9.91. The highest BCUT2D eigenvalue weighted by Gasteiger charge is 2.14. The minimum absolute atomic E-state index is 0.252. The zero-order valence-corrected chi connectivity index (χ0v) is 12.9. The van der Waals surface area contributed by atoms with E-state index in [0.29, 0.717) is 6.42 Å². The molecule has 0 amide bonds. The van der Waals surface area contributed by atoms with E-state index in [1.165, 1.54) is 0 Å². The Morgan fingerprint density at radius 2 is 1.75 bits per heavy atom. The van der Waals surface area contributed by atoms with E-state index in [-0.39, 0.29) is 5.78 Å². The lowest BCUT2D eigenvalue weighted by Gasteiger charge is -2.12. The van der Waals surface area contributed by atoms with Gasteiger partial charge < -0.3 is 9.24 Å². The van der Waals surface area contributed by atoms with E-state index in [9.17, 15) is 4.79 Å². The van der Waals surface area contributed by atoms with Gasteiger partial charge in [0.1, 0.15) is 0 Å². The van der Waals surface area contributed by atoms with Crippen molar-refractivity contribution in [3.8, 4) is 11.1 Å². The molecule has 0 fully saturated rings. The molecule has 2 heteroatoms. The molecule has 104 valence electrons. The molecule has 2 aromatic rings. The molecular formula is C18H20OP-. The Bertz CT molecular complexity index is 575. The average molecular weight is 283 g/mol. The van der Waals surface area contributed by atoms with Crippen LogP contribution in [0.3, 0.4) is 0 Å². The smallest absolute Gasteiger partial charge is 0.163 e. The minimum Gasteiger partial charge on any atom is -0.558 e. The second kappa shape index (κ2) is 7.36. The SMILES string of the molecule is Cc1cccc(-c2ccccc2)c1C(=O)CCCC[PH-]. The van der Waals surface area contributed by atoms with Crippen LogP contribution in [0.15, 0.2) is 48.5 Å². The lowest BCUT2D eigenvalue weighted by molar-refractivity contribution is 0.0980. The molecule has 1 nitrogen and oxygen atoms in total. The van der Waals surface area contributed by atoms with Gasteiger partial charge in [0.15, 0.2) is 5.78 Å². The van der Waals surface area contributed by atoms with Gasteiger partial charge in [-0.25, -0.2) is 0 Å². The standard InChI is InChI=1S/C18H20OP/c1-14-8-7-11-16(15-9-3-2-4-10-15)18(14)17(19)12-5-6-13-20/h2-4,7-11,20H,5-6,12-13H2,1H3/q-1. The molecule has 0 aliphatic heterocycles. The largest absolute Gasteiger partial charge is 0.558 e. The summed E-state index contributed by atoms with van der Waals surface area (Å²) in [6.45, 7) is 2.02. The second-order valence-corrected chi connectivity index (χ2v) is 5.49. The third kappa shape index (κ3) is 3.55. The zero-order valence-electron chi connectivity index (χ0n) is 11.9. The first-order valence-electron chi connectivity index (χ1n) is 7.07. The number of Topliss-reactive ketones (excluding diaryl/α,β-unsaturated/α-hetero) is 1. The summed E-state index contributed by atoms with van der Waals surface area (Å²) >= 11 is 0. The van der Waals surface area contributed by atoms with Crippen molar-refractivity contribution in [2.75, 3.05) is 6.16 Å². The molecule has 0 aromatic heterocycles. The van der Waals surface area contributed by atoms with Crippen LogP contribution in [0.2, 0.25) is 0 Å². The Balaban J connectivity index is 2.34. The fraction of sp³-hybridized carbons (Fsp3) is 0.278. The molecule has 0 aliphatic rings. The summed E-state index contributed by atoms with van der Waals surface area (Å²) in [7, 11) is 3.46. The van der Waals surface area contributed by atoms with E-state index in [1.807, 2.05) is 43.3 Å². The van der Waals surface area contributed by atoms with Gasteiger partial charge in [-0.1, -0.05) is 55.0 Å². The van der Waals surface area contributed by atoms with Crippen LogP contribution in [0.1, 0.15) is 35.2 Å². The van der Waals surface area contributed by atoms with E-state index in [0.717, 1.165) is 41.3 Å². The van der Waals surface area contributed by atoms with E-state index in [2.05, 4.69) is 21.4 Å². The second-order valence-electron chi connectivity index (χ2n) is 4.99. The van der Waals surface area contributed by atoms with Crippen LogP contribution in [0, 0.1) is 6.92 Å². The zero-order chi connectivity index (χ0) is 14.4. The molecule has 0 saturated heterocycles. The molecule has 0 atom stereocenters. The van der Waals surface area contributed by atoms with Gasteiger partial charge >= 0.3 is 0 Å². The monoisotopic (exact) mass is 283 g/mol. The minimum atomic E-state index is 0.252. The Kier molecular flexibility index (Phi) is 5.49. The Hall–Kier alpha value is -1.46. The topological polar surface area (TPSA) is 17.1 Å². The van der Waals surface area contributed by atoms with Crippen molar-refractivity contribution in [3.63, 3.8) is 0 Å². The quantitative estimate of drug-likeness (QED) is 0.406.